The van der Waals surface area contributed by atoms with Gasteiger partial charge < -0.3 is 15.2 Å². The molecule has 0 heterocycles. The normalized spacial score (nSPS) is 25.5. The van der Waals surface area contributed by atoms with Crippen molar-refractivity contribution in [1.82, 2.24) is 0 Å². The van der Waals surface area contributed by atoms with Crippen molar-refractivity contribution >= 4 is 0 Å². The maximum atomic E-state index is 5.83. The summed E-state index contributed by atoms with van der Waals surface area (Å²) in [5, 5.41) is 0. The van der Waals surface area contributed by atoms with Crippen molar-refractivity contribution in [2.24, 2.45) is 17.1 Å². The summed E-state index contributed by atoms with van der Waals surface area (Å²) in [6.07, 6.45) is 0. The number of benzene rings is 1. The smallest absolute Gasteiger partial charge is 0.164 e. The van der Waals surface area contributed by atoms with Crippen LogP contribution in [-0.2, 0) is 0 Å². The van der Waals surface area contributed by atoms with E-state index in [1.54, 1.807) is 14.2 Å². The SMILES string of the molecule is COc1cccc([C@H]2[C@H](CN)C2(C)C)c1OC. The minimum Gasteiger partial charge on any atom is -0.493 e. The van der Waals surface area contributed by atoms with Gasteiger partial charge in [-0.1, -0.05) is 26.0 Å². The molecule has 0 aromatic heterocycles. The van der Waals surface area contributed by atoms with E-state index in [2.05, 4.69) is 19.9 Å². The van der Waals surface area contributed by atoms with Crippen LogP contribution >= 0.6 is 0 Å². The highest BCUT2D eigenvalue weighted by molar-refractivity contribution is 5.51. The van der Waals surface area contributed by atoms with Crippen molar-refractivity contribution in [3.63, 3.8) is 0 Å². The molecule has 2 rings (SSSR count). The molecule has 3 nitrogen and oxygen atoms in total. The van der Waals surface area contributed by atoms with Crippen LogP contribution in [0.4, 0.5) is 0 Å². The highest BCUT2D eigenvalue weighted by Crippen LogP contribution is 2.65. The van der Waals surface area contributed by atoms with Gasteiger partial charge in [0.05, 0.1) is 14.2 Å². The largest absolute Gasteiger partial charge is 0.493 e. The maximum Gasteiger partial charge on any atom is 0.164 e. The van der Waals surface area contributed by atoms with Gasteiger partial charge in [-0.05, 0) is 29.9 Å². The molecule has 0 bridgehead atoms. The van der Waals surface area contributed by atoms with Crippen LogP contribution in [0.15, 0.2) is 18.2 Å². The number of rotatable bonds is 4. The lowest BCUT2D eigenvalue weighted by atomic mass is 10.0. The van der Waals surface area contributed by atoms with E-state index in [1.165, 1.54) is 5.56 Å². The van der Waals surface area contributed by atoms with E-state index in [4.69, 9.17) is 15.2 Å². The number of nitrogens with two attached hydrogens (primary N) is 1. The molecule has 1 aliphatic carbocycles. The molecule has 1 saturated carbocycles. The van der Waals surface area contributed by atoms with Crippen LogP contribution in [0.5, 0.6) is 11.5 Å². The molecule has 0 amide bonds. The molecule has 0 aliphatic heterocycles. The summed E-state index contributed by atoms with van der Waals surface area (Å²) >= 11 is 0. The van der Waals surface area contributed by atoms with Crippen molar-refractivity contribution in [2.75, 3.05) is 20.8 Å². The summed E-state index contributed by atoms with van der Waals surface area (Å²) in [6, 6.07) is 6.05. The van der Waals surface area contributed by atoms with Gasteiger partial charge in [0.1, 0.15) is 0 Å². The first kappa shape index (κ1) is 12.2. The number of para-hydroxylation sites is 1. The Hall–Kier alpha value is -1.22. The molecule has 0 radical (unpaired) electrons. The summed E-state index contributed by atoms with van der Waals surface area (Å²) in [5.41, 5.74) is 7.30. The minimum atomic E-state index is 0.258. The third kappa shape index (κ3) is 1.78. The van der Waals surface area contributed by atoms with Crippen molar-refractivity contribution < 1.29 is 9.47 Å². The van der Waals surface area contributed by atoms with Gasteiger partial charge >= 0.3 is 0 Å². The lowest BCUT2D eigenvalue weighted by Gasteiger charge is -2.13. The van der Waals surface area contributed by atoms with E-state index < -0.39 is 0 Å². The fourth-order valence-electron chi connectivity index (χ4n) is 2.96. The molecule has 1 fully saturated rings. The zero-order valence-electron chi connectivity index (χ0n) is 11.0. The van der Waals surface area contributed by atoms with Crippen LogP contribution in [0, 0.1) is 11.3 Å². The van der Waals surface area contributed by atoms with Gasteiger partial charge in [0.15, 0.2) is 11.5 Å². The van der Waals surface area contributed by atoms with Crippen LogP contribution in [-0.4, -0.2) is 20.8 Å². The van der Waals surface area contributed by atoms with Gasteiger partial charge in [0.2, 0.25) is 0 Å². The van der Waals surface area contributed by atoms with Crippen molar-refractivity contribution in [3.8, 4) is 11.5 Å². The Morgan fingerprint density at radius 2 is 1.94 bits per heavy atom. The Kier molecular flexibility index (Phi) is 3.04. The topological polar surface area (TPSA) is 44.5 Å². The molecule has 2 N–H and O–H groups in total. The average Bonchev–Trinajstić information content (AvgIpc) is 2.89. The summed E-state index contributed by atoms with van der Waals surface area (Å²) in [4.78, 5) is 0. The standard InChI is InChI=1S/C14H21NO2/c1-14(2)10(8-15)12(14)9-6-5-7-11(16-3)13(9)17-4/h5-7,10,12H,8,15H2,1-4H3/t10-,12-/m0/s1. The van der Waals surface area contributed by atoms with Gasteiger partial charge in [-0.15, -0.1) is 0 Å². The first-order valence-electron chi connectivity index (χ1n) is 5.98. The van der Waals surface area contributed by atoms with E-state index in [1.807, 2.05) is 12.1 Å². The zero-order chi connectivity index (χ0) is 12.6. The van der Waals surface area contributed by atoms with Gasteiger partial charge in [-0.25, -0.2) is 0 Å². The van der Waals surface area contributed by atoms with E-state index in [-0.39, 0.29) is 5.41 Å². The van der Waals surface area contributed by atoms with Gasteiger partial charge in [0, 0.05) is 5.56 Å². The fraction of sp³-hybridized carbons (Fsp3) is 0.571. The van der Waals surface area contributed by atoms with E-state index >= 15 is 0 Å². The van der Waals surface area contributed by atoms with Crippen molar-refractivity contribution in [3.05, 3.63) is 23.8 Å². The third-order valence-corrected chi connectivity index (χ3v) is 4.07. The molecular weight excluding hydrogens is 214 g/mol. The molecule has 1 aromatic rings. The molecule has 94 valence electrons. The zero-order valence-corrected chi connectivity index (χ0v) is 11.0. The highest BCUT2D eigenvalue weighted by atomic mass is 16.5. The highest BCUT2D eigenvalue weighted by Gasteiger charge is 2.58. The summed E-state index contributed by atoms with van der Waals surface area (Å²) in [6.45, 7) is 5.24. The number of methoxy groups -OCH3 is 2. The second-order valence-corrected chi connectivity index (χ2v) is 5.22. The van der Waals surface area contributed by atoms with Crippen LogP contribution in [0.25, 0.3) is 0 Å². The molecule has 0 spiro atoms. The van der Waals surface area contributed by atoms with E-state index in [9.17, 15) is 0 Å². The fourth-order valence-corrected chi connectivity index (χ4v) is 2.96. The Labute approximate surface area is 103 Å². The molecule has 0 saturated heterocycles. The van der Waals surface area contributed by atoms with Crippen molar-refractivity contribution in [2.45, 2.75) is 19.8 Å². The average molecular weight is 235 g/mol. The second-order valence-electron chi connectivity index (χ2n) is 5.22. The van der Waals surface area contributed by atoms with Crippen molar-refractivity contribution in [1.29, 1.82) is 0 Å². The van der Waals surface area contributed by atoms with Crippen LogP contribution in [0.2, 0.25) is 0 Å². The van der Waals surface area contributed by atoms with Crippen LogP contribution in [0.3, 0.4) is 0 Å². The first-order chi connectivity index (χ1) is 8.07. The number of hydrogen-bond acceptors (Lipinski definition) is 3. The second kappa shape index (κ2) is 4.22. The molecular formula is C14H21NO2. The van der Waals surface area contributed by atoms with E-state index in [0.29, 0.717) is 11.8 Å². The minimum absolute atomic E-state index is 0.258. The number of hydrogen-bond donors (Lipinski definition) is 1. The lowest BCUT2D eigenvalue weighted by molar-refractivity contribution is 0.350. The van der Waals surface area contributed by atoms with Gasteiger partial charge in [-0.2, -0.15) is 0 Å². The van der Waals surface area contributed by atoms with Crippen LogP contribution < -0.4 is 15.2 Å². The lowest BCUT2D eigenvalue weighted by Crippen LogP contribution is -2.05. The Bertz CT molecular complexity index is 415. The predicted octanol–water partition coefficient (Wildman–Crippen LogP) is 2.40. The Morgan fingerprint density at radius 3 is 2.41 bits per heavy atom. The molecule has 2 atom stereocenters. The van der Waals surface area contributed by atoms with Crippen LogP contribution in [0.1, 0.15) is 25.3 Å². The molecule has 1 aromatic carbocycles. The summed E-state index contributed by atoms with van der Waals surface area (Å²) in [7, 11) is 3.36. The third-order valence-electron chi connectivity index (χ3n) is 4.07. The molecule has 17 heavy (non-hydrogen) atoms. The number of ether oxygens (including phenoxy) is 2. The molecule has 1 aliphatic rings. The Morgan fingerprint density at radius 1 is 1.24 bits per heavy atom. The first-order valence-corrected chi connectivity index (χ1v) is 5.98. The van der Waals surface area contributed by atoms with E-state index in [0.717, 1.165) is 18.0 Å². The Balaban J connectivity index is 2.40. The monoisotopic (exact) mass is 235 g/mol. The quantitative estimate of drug-likeness (QED) is 0.871. The predicted molar refractivity (Wildman–Crippen MR) is 68.6 cm³/mol. The summed E-state index contributed by atoms with van der Waals surface area (Å²) < 4.78 is 10.8. The van der Waals surface area contributed by atoms with Gasteiger partial charge in [-0.3, -0.25) is 0 Å². The molecule has 3 heteroatoms. The molecule has 0 unspecified atom stereocenters. The summed E-state index contributed by atoms with van der Waals surface area (Å²) in [5.74, 6) is 2.65. The van der Waals surface area contributed by atoms with Gasteiger partial charge in [0.25, 0.3) is 0 Å². The maximum absolute atomic E-state index is 5.83.